The van der Waals surface area contributed by atoms with E-state index in [1.807, 2.05) is 12.1 Å². The van der Waals surface area contributed by atoms with Gasteiger partial charge in [-0.1, -0.05) is 12.1 Å². The zero-order chi connectivity index (χ0) is 17.7. The van der Waals surface area contributed by atoms with Crippen molar-refractivity contribution in [3.8, 4) is 0 Å². The quantitative estimate of drug-likeness (QED) is 0.827. The minimum absolute atomic E-state index is 0.136. The molecule has 25 heavy (non-hydrogen) atoms. The first-order chi connectivity index (χ1) is 12.0. The fraction of sp³-hybridized carbons (Fsp3) is 0.375. The molecule has 2 aromatic rings. The van der Waals surface area contributed by atoms with Gasteiger partial charge in [0.2, 0.25) is 10.0 Å². The second kappa shape index (κ2) is 7.94. The molecule has 0 aromatic carbocycles. The molecule has 0 unspecified atom stereocenters. The van der Waals surface area contributed by atoms with Crippen molar-refractivity contribution in [3.63, 3.8) is 0 Å². The third kappa shape index (κ3) is 4.77. The van der Waals surface area contributed by atoms with Gasteiger partial charge < -0.3 is 10.2 Å². The Labute approximate surface area is 151 Å². The summed E-state index contributed by atoms with van der Waals surface area (Å²) < 4.78 is 27.5. The summed E-state index contributed by atoms with van der Waals surface area (Å²) in [7, 11) is -3.46. The standard InChI is InChI=1S/C16H20N4O3S2/c21-16(18-12-13-3-1-7-17-11-13)20-8-5-14(6-9-20)19-25(22,23)15-4-2-10-24-15/h1-4,7,10-11,14,19H,5-6,8-9,12H2,(H,18,21). The molecule has 1 aliphatic heterocycles. The second-order valence-electron chi connectivity index (χ2n) is 5.83. The Bertz CT molecular complexity index is 786. The normalized spacial score (nSPS) is 15.9. The molecule has 0 atom stereocenters. The lowest BCUT2D eigenvalue weighted by atomic mass is 10.1. The van der Waals surface area contributed by atoms with E-state index in [1.165, 1.54) is 11.3 Å². The molecule has 9 heteroatoms. The number of nitrogens with zero attached hydrogens (tertiary/aromatic N) is 2. The first-order valence-corrected chi connectivity index (χ1v) is 10.4. The van der Waals surface area contributed by atoms with Crippen LogP contribution in [0.25, 0.3) is 0 Å². The summed E-state index contributed by atoms with van der Waals surface area (Å²) >= 11 is 1.20. The number of urea groups is 1. The number of pyridine rings is 1. The van der Waals surface area contributed by atoms with Crippen molar-refractivity contribution in [2.75, 3.05) is 13.1 Å². The molecule has 0 spiro atoms. The fourth-order valence-corrected chi connectivity index (χ4v) is 5.00. The molecule has 0 radical (unpaired) electrons. The predicted octanol–water partition coefficient (Wildman–Crippen LogP) is 1.80. The van der Waals surface area contributed by atoms with Crippen LogP contribution in [0.3, 0.4) is 0 Å². The number of amides is 2. The Morgan fingerprint density at radius 1 is 1.28 bits per heavy atom. The van der Waals surface area contributed by atoms with Crippen LogP contribution in [-0.2, 0) is 16.6 Å². The minimum atomic E-state index is -3.46. The molecule has 1 fully saturated rings. The lowest BCUT2D eigenvalue weighted by Crippen LogP contribution is -2.49. The Morgan fingerprint density at radius 3 is 2.72 bits per heavy atom. The van der Waals surface area contributed by atoms with Crippen LogP contribution in [0.4, 0.5) is 4.79 Å². The van der Waals surface area contributed by atoms with Gasteiger partial charge in [0.15, 0.2) is 0 Å². The zero-order valence-corrected chi connectivity index (χ0v) is 15.2. The number of aromatic nitrogens is 1. The number of hydrogen-bond donors (Lipinski definition) is 2. The smallest absolute Gasteiger partial charge is 0.317 e. The number of carbonyl (C=O) groups excluding carboxylic acids is 1. The van der Waals surface area contributed by atoms with Gasteiger partial charge in [0.25, 0.3) is 0 Å². The number of nitrogens with one attached hydrogen (secondary N) is 2. The van der Waals surface area contributed by atoms with Crippen molar-refractivity contribution in [1.82, 2.24) is 19.9 Å². The lowest BCUT2D eigenvalue weighted by Gasteiger charge is -2.32. The number of likely N-dealkylation sites (tertiary alicyclic amines) is 1. The van der Waals surface area contributed by atoms with Crippen LogP contribution >= 0.6 is 11.3 Å². The predicted molar refractivity (Wildman–Crippen MR) is 95.7 cm³/mol. The molecule has 3 rings (SSSR count). The van der Waals surface area contributed by atoms with Crippen molar-refractivity contribution in [3.05, 3.63) is 47.6 Å². The first kappa shape index (κ1) is 17.8. The lowest BCUT2D eigenvalue weighted by molar-refractivity contribution is 0.179. The van der Waals surface area contributed by atoms with Gasteiger partial charge in [-0.15, -0.1) is 11.3 Å². The third-order valence-corrected chi connectivity index (χ3v) is 6.95. The van der Waals surface area contributed by atoms with Crippen LogP contribution in [0.1, 0.15) is 18.4 Å². The van der Waals surface area contributed by atoms with Gasteiger partial charge in [-0.2, -0.15) is 0 Å². The van der Waals surface area contributed by atoms with Crippen LogP contribution < -0.4 is 10.0 Å². The van der Waals surface area contributed by atoms with E-state index < -0.39 is 10.0 Å². The molecule has 1 saturated heterocycles. The van der Waals surface area contributed by atoms with Gasteiger partial charge in [-0.05, 0) is 35.9 Å². The summed E-state index contributed by atoms with van der Waals surface area (Å²) in [5, 5.41) is 4.60. The molecule has 1 aliphatic rings. The average molecular weight is 380 g/mol. The molecule has 2 aromatic heterocycles. The molecule has 0 aliphatic carbocycles. The molecule has 0 bridgehead atoms. The summed E-state index contributed by atoms with van der Waals surface area (Å²) in [6.07, 6.45) is 4.61. The fourth-order valence-electron chi connectivity index (χ4n) is 2.69. The number of sulfonamides is 1. The molecule has 2 amide bonds. The summed E-state index contributed by atoms with van der Waals surface area (Å²) in [4.78, 5) is 17.9. The maximum atomic E-state index is 12.2. The third-order valence-electron chi connectivity index (χ3n) is 4.03. The van der Waals surface area contributed by atoms with E-state index >= 15 is 0 Å². The van der Waals surface area contributed by atoms with Crippen molar-refractivity contribution in [2.45, 2.75) is 29.6 Å². The van der Waals surface area contributed by atoms with Crippen molar-refractivity contribution >= 4 is 27.4 Å². The van der Waals surface area contributed by atoms with E-state index in [1.54, 1.807) is 34.8 Å². The van der Waals surface area contributed by atoms with Gasteiger partial charge in [0.05, 0.1) is 0 Å². The first-order valence-electron chi connectivity index (χ1n) is 8.02. The van der Waals surface area contributed by atoms with Gasteiger partial charge in [-0.25, -0.2) is 17.9 Å². The second-order valence-corrected chi connectivity index (χ2v) is 8.72. The maximum Gasteiger partial charge on any atom is 0.317 e. The highest BCUT2D eigenvalue weighted by Gasteiger charge is 2.26. The number of hydrogen-bond acceptors (Lipinski definition) is 5. The van der Waals surface area contributed by atoms with Gasteiger partial charge in [-0.3, -0.25) is 4.98 Å². The summed E-state index contributed by atoms with van der Waals surface area (Å²) in [5.41, 5.74) is 0.939. The van der Waals surface area contributed by atoms with E-state index in [9.17, 15) is 13.2 Å². The van der Waals surface area contributed by atoms with Crippen molar-refractivity contribution in [1.29, 1.82) is 0 Å². The number of rotatable bonds is 5. The van der Waals surface area contributed by atoms with Crippen molar-refractivity contribution < 1.29 is 13.2 Å². The zero-order valence-electron chi connectivity index (χ0n) is 13.6. The van der Waals surface area contributed by atoms with Crippen LogP contribution in [0, 0.1) is 0 Å². The Kier molecular flexibility index (Phi) is 5.67. The molecule has 134 valence electrons. The Hall–Kier alpha value is -1.97. The van der Waals surface area contributed by atoms with E-state index in [4.69, 9.17) is 0 Å². The Morgan fingerprint density at radius 2 is 2.08 bits per heavy atom. The van der Waals surface area contributed by atoms with Gasteiger partial charge in [0.1, 0.15) is 4.21 Å². The molecule has 3 heterocycles. The van der Waals surface area contributed by atoms with E-state index in [0.717, 1.165) is 5.56 Å². The largest absolute Gasteiger partial charge is 0.334 e. The summed E-state index contributed by atoms with van der Waals surface area (Å²) in [5.74, 6) is 0. The topological polar surface area (TPSA) is 91.4 Å². The molecule has 2 N–H and O–H groups in total. The van der Waals surface area contributed by atoms with Gasteiger partial charge in [0, 0.05) is 38.1 Å². The Balaban J connectivity index is 1.46. The molecular formula is C16H20N4O3S2. The number of piperidine rings is 1. The number of carbonyl (C=O) groups is 1. The highest BCUT2D eigenvalue weighted by molar-refractivity contribution is 7.91. The van der Waals surface area contributed by atoms with Crippen LogP contribution in [0.15, 0.2) is 46.2 Å². The van der Waals surface area contributed by atoms with E-state index in [2.05, 4.69) is 15.0 Å². The minimum Gasteiger partial charge on any atom is -0.334 e. The highest BCUT2D eigenvalue weighted by Crippen LogP contribution is 2.18. The highest BCUT2D eigenvalue weighted by atomic mass is 32.2. The van der Waals surface area contributed by atoms with Gasteiger partial charge >= 0.3 is 6.03 Å². The summed E-state index contributed by atoms with van der Waals surface area (Å²) in [6.45, 7) is 1.48. The molecular weight excluding hydrogens is 360 g/mol. The monoisotopic (exact) mass is 380 g/mol. The van der Waals surface area contributed by atoms with Crippen LogP contribution in [0.5, 0.6) is 0 Å². The molecule has 0 saturated carbocycles. The van der Waals surface area contributed by atoms with Crippen molar-refractivity contribution in [2.24, 2.45) is 0 Å². The van der Waals surface area contributed by atoms with E-state index in [0.29, 0.717) is 36.7 Å². The SMILES string of the molecule is O=C(NCc1cccnc1)N1CCC(NS(=O)(=O)c2cccs2)CC1. The maximum absolute atomic E-state index is 12.2. The van der Waals surface area contributed by atoms with Crippen LogP contribution in [0.2, 0.25) is 0 Å². The number of thiophene rings is 1. The van der Waals surface area contributed by atoms with E-state index in [-0.39, 0.29) is 12.1 Å². The summed E-state index contributed by atoms with van der Waals surface area (Å²) in [6, 6.07) is 6.76. The molecule has 7 nitrogen and oxygen atoms in total. The average Bonchev–Trinajstić information content (AvgIpc) is 3.17. The van der Waals surface area contributed by atoms with Crippen LogP contribution in [-0.4, -0.2) is 43.5 Å².